The summed E-state index contributed by atoms with van der Waals surface area (Å²) in [6.45, 7) is 12.3. The van der Waals surface area contributed by atoms with Crippen LogP contribution in [0.25, 0.3) is 0 Å². The van der Waals surface area contributed by atoms with Gasteiger partial charge in [0.2, 0.25) is 0 Å². The lowest BCUT2D eigenvalue weighted by atomic mass is 9.84. The number of nitrogens with zero attached hydrogens (tertiary/aromatic N) is 1. The Labute approximate surface area is 123 Å². The smallest absolute Gasteiger partial charge is 0.105 e. The van der Waals surface area contributed by atoms with Crippen LogP contribution in [0, 0.1) is 18.3 Å². The number of nitrogens with one attached hydrogen (secondary N) is 1. The lowest BCUT2D eigenvalue weighted by Gasteiger charge is -2.33. The van der Waals surface area contributed by atoms with Crippen molar-refractivity contribution >= 4 is 0 Å². The Hall–Kier alpha value is -0.800. The first-order valence-corrected chi connectivity index (χ1v) is 7.89. The van der Waals surface area contributed by atoms with Crippen molar-refractivity contribution in [2.24, 2.45) is 11.3 Å². The van der Waals surface area contributed by atoms with E-state index in [9.17, 15) is 0 Å². The molecule has 0 amide bonds. The van der Waals surface area contributed by atoms with Gasteiger partial charge in [0.1, 0.15) is 5.76 Å². The number of furan rings is 1. The molecule has 1 fully saturated rings. The van der Waals surface area contributed by atoms with E-state index < -0.39 is 0 Å². The van der Waals surface area contributed by atoms with Gasteiger partial charge in [-0.1, -0.05) is 20.8 Å². The van der Waals surface area contributed by atoms with E-state index in [0.717, 1.165) is 31.3 Å². The fourth-order valence-electron chi connectivity index (χ4n) is 3.71. The van der Waals surface area contributed by atoms with Gasteiger partial charge in [0.15, 0.2) is 0 Å². The first-order chi connectivity index (χ1) is 9.44. The van der Waals surface area contributed by atoms with Gasteiger partial charge in [-0.3, -0.25) is 0 Å². The second kappa shape index (κ2) is 6.31. The van der Waals surface area contributed by atoms with Gasteiger partial charge in [0.05, 0.1) is 6.26 Å². The van der Waals surface area contributed by atoms with Gasteiger partial charge in [0.25, 0.3) is 0 Å². The predicted molar refractivity (Wildman–Crippen MR) is 83.7 cm³/mol. The summed E-state index contributed by atoms with van der Waals surface area (Å²) in [5.74, 6) is 1.80. The molecule has 1 N–H and O–H groups in total. The summed E-state index contributed by atoms with van der Waals surface area (Å²) >= 11 is 0. The molecule has 2 rings (SSSR count). The molecule has 2 atom stereocenters. The molecular weight excluding hydrogens is 248 g/mol. The molecule has 3 heteroatoms. The maximum atomic E-state index is 5.39. The van der Waals surface area contributed by atoms with Crippen molar-refractivity contribution in [1.29, 1.82) is 0 Å². The zero-order chi connectivity index (χ0) is 14.8. The third kappa shape index (κ3) is 3.44. The van der Waals surface area contributed by atoms with Gasteiger partial charge in [-0.2, -0.15) is 0 Å². The summed E-state index contributed by atoms with van der Waals surface area (Å²) in [7, 11) is 2.22. The molecular formula is C17H30N2O. The molecule has 1 saturated carbocycles. The maximum Gasteiger partial charge on any atom is 0.105 e. The minimum atomic E-state index is 0.424. The average molecular weight is 278 g/mol. The highest BCUT2D eigenvalue weighted by atomic mass is 16.3. The van der Waals surface area contributed by atoms with Crippen molar-refractivity contribution in [2.75, 3.05) is 20.1 Å². The van der Waals surface area contributed by atoms with E-state index in [1.165, 1.54) is 18.4 Å². The third-order valence-electron chi connectivity index (χ3n) is 4.85. The molecule has 0 aliphatic heterocycles. The van der Waals surface area contributed by atoms with Crippen LogP contribution in [-0.4, -0.2) is 31.1 Å². The molecule has 3 nitrogen and oxygen atoms in total. The number of hydrogen-bond acceptors (Lipinski definition) is 3. The molecule has 114 valence electrons. The molecule has 1 aliphatic rings. The van der Waals surface area contributed by atoms with Gasteiger partial charge in [0, 0.05) is 24.7 Å². The Morgan fingerprint density at radius 3 is 2.80 bits per heavy atom. The van der Waals surface area contributed by atoms with Crippen molar-refractivity contribution in [1.82, 2.24) is 10.2 Å². The monoisotopic (exact) mass is 278 g/mol. The van der Waals surface area contributed by atoms with E-state index in [2.05, 4.69) is 44.1 Å². The van der Waals surface area contributed by atoms with Gasteiger partial charge in [-0.15, -0.1) is 0 Å². The standard InChI is InChI=1S/C17H30N2O/c1-6-18-16-15(7-9-17(16,3)4)12-19(5)11-14-8-10-20-13(14)2/h8,10,15-16,18H,6-7,9,11-12H2,1-5H3. The largest absolute Gasteiger partial charge is 0.469 e. The Balaban J connectivity index is 1.93. The molecule has 0 bridgehead atoms. The summed E-state index contributed by atoms with van der Waals surface area (Å²) in [4.78, 5) is 2.44. The maximum absolute atomic E-state index is 5.39. The summed E-state index contributed by atoms with van der Waals surface area (Å²) in [6, 6.07) is 2.73. The zero-order valence-electron chi connectivity index (χ0n) is 13.7. The second-order valence-corrected chi connectivity index (χ2v) is 7.02. The Bertz CT molecular complexity index is 424. The van der Waals surface area contributed by atoms with Crippen molar-refractivity contribution < 1.29 is 4.42 Å². The molecule has 2 unspecified atom stereocenters. The van der Waals surface area contributed by atoms with Gasteiger partial charge >= 0.3 is 0 Å². The summed E-state index contributed by atoms with van der Waals surface area (Å²) in [6.07, 6.45) is 4.45. The highest BCUT2D eigenvalue weighted by Gasteiger charge is 2.41. The van der Waals surface area contributed by atoms with Gasteiger partial charge in [-0.25, -0.2) is 0 Å². The Morgan fingerprint density at radius 2 is 2.20 bits per heavy atom. The van der Waals surface area contributed by atoms with Crippen LogP contribution in [0.2, 0.25) is 0 Å². The van der Waals surface area contributed by atoms with E-state index in [1.54, 1.807) is 6.26 Å². The van der Waals surface area contributed by atoms with E-state index in [0.29, 0.717) is 11.5 Å². The lowest BCUT2D eigenvalue weighted by Crippen LogP contribution is -2.45. The van der Waals surface area contributed by atoms with Crippen LogP contribution in [-0.2, 0) is 6.54 Å². The normalized spacial score (nSPS) is 25.5. The quantitative estimate of drug-likeness (QED) is 0.864. The SMILES string of the molecule is CCNC1C(CN(C)Cc2ccoc2C)CCC1(C)C. The minimum Gasteiger partial charge on any atom is -0.469 e. The van der Waals surface area contributed by atoms with Crippen LogP contribution in [0.4, 0.5) is 0 Å². The van der Waals surface area contributed by atoms with E-state index in [4.69, 9.17) is 4.42 Å². The van der Waals surface area contributed by atoms with Gasteiger partial charge in [-0.05, 0) is 50.8 Å². The topological polar surface area (TPSA) is 28.4 Å². The summed E-state index contributed by atoms with van der Waals surface area (Å²) in [5.41, 5.74) is 1.73. The molecule has 1 heterocycles. The van der Waals surface area contributed by atoms with Crippen molar-refractivity contribution in [3.8, 4) is 0 Å². The van der Waals surface area contributed by atoms with Crippen LogP contribution in [0.15, 0.2) is 16.7 Å². The molecule has 0 spiro atoms. The lowest BCUT2D eigenvalue weighted by molar-refractivity contribution is 0.201. The fraction of sp³-hybridized carbons (Fsp3) is 0.765. The van der Waals surface area contributed by atoms with Crippen LogP contribution in [0.5, 0.6) is 0 Å². The van der Waals surface area contributed by atoms with E-state index >= 15 is 0 Å². The third-order valence-corrected chi connectivity index (χ3v) is 4.85. The Kier molecular flexibility index (Phi) is 4.92. The molecule has 0 saturated heterocycles. The van der Waals surface area contributed by atoms with Crippen LogP contribution in [0.1, 0.15) is 44.9 Å². The second-order valence-electron chi connectivity index (χ2n) is 7.02. The van der Waals surface area contributed by atoms with Crippen molar-refractivity contribution in [3.63, 3.8) is 0 Å². The molecule has 1 aromatic heterocycles. The molecule has 1 aliphatic carbocycles. The molecule has 0 radical (unpaired) electrons. The molecule has 20 heavy (non-hydrogen) atoms. The molecule has 0 aromatic carbocycles. The van der Waals surface area contributed by atoms with E-state index in [1.807, 2.05) is 6.92 Å². The summed E-state index contributed by atoms with van der Waals surface area (Å²) in [5, 5.41) is 3.72. The van der Waals surface area contributed by atoms with Crippen molar-refractivity contribution in [3.05, 3.63) is 23.7 Å². The van der Waals surface area contributed by atoms with Crippen LogP contribution < -0.4 is 5.32 Å². The highest BCUT2D eigenvalue weighted by Crippen LogP contribution is 2.41. The zero-order valence-corrected chi connectivity index (χ0v) is 13.7. The van der Waals surface area contributed by atoms with Crippen molar-refractivity contribution in [2.45, 2.75) is 53.1 Å². The Morgan fingerprint density at radius 1 is 1.45 bits per heavy atom. The first kappa shape index (κ1) is 15.6. The summed E-state index contributed by atoms with van der Waals surface area (Å²) < 4.78 is 5.39. The number of rotatable bonds is 6. The molecule has 1 aromatic rings. The van der Waals surface area contributed by atoms with Crippen LogP contribution in [0.3, 0.4) is 0 Å². The highest BCUT2D eigenvalue weighted by molar-refractivity contribution is 5.15. The minimum absolute atomic E-state index is 0.424. The fourth-order valence-corrected chi connectivity index (χ4v) is 3.71. The number of hydrogen-bond donors (Lipinski definition) is 1. The van der Waals surface area contributed by atoms with E-state index in [-0.39, 0.29) is 0 Å². The number of aryl methyl sites for hydroxylation is 1. The predicted octanol–water partition coefficient (Wildman–Crippen LogP) is 3.43. The van der Waals surface area contributed by atoms with Gasteiger partial charge < -0.3 is 14.6 Å². The first-order valence-electron chi connectivity index (χ1n) is 7.89. The average Bonchev–Trinajstić information content (AvgIpc) is 2.88. The van der Waals surface area contributed by atoms with Crippen LogP contribution >= 0.6 is 0 Å².